The molecule has 1 aliphatic rings. The molecule has 1 aromatic rings. The largest absolute Gasteiger partial charge is 0.371 e. The Morgan fingerprint density at radius 1 is 1.64 bits per heavy atom. The zero-order valence-electron chi connectivity index (χ0n) is 8.62. The maximum atomic E-state index is 5.83. The van der Waals surface area contributed by atoms with Crippen molar-refractivity contribution in [3.63, 3.8) is 0 Å². The van der Waals surface area contributed by atoms with Crippen molar-refractivity contribution in [2.24, 2.45) is 5.73 Å². The van der Waals surface area contributed by atoms with Gasteiger partial charge < -0.3 is 10.5 Å². The molecule has 1 aliphatic heterocycles. The van der Waals surface area contributed by atoms with Crippen LogP contribution in [0.5, 0.6) is 0 Å². The summed E-state index contributed by atoms with van der Waals surface area (Å²) in [5.74, 6) is 0. The van der Waals surface area contributed by atoms with Crippen LogP contribution in [-0.4, -0.2) is 11.6 Å². The maximum Gasteiger partial charge on any atom is 0.122 e. The van der Waals surface area contributed by atoms with Crippen LogP contribution in [0.15, 0.2) is 0 Å². The number of nitrogens with zero attached hydrogens (tertiary/aromatic N) is 1. The van der Waals surface area contributed by atoms with E-state index in [-0.39, 0.29) is 12.1 Å². The van der Waals surface area contributed by atoms with Crippen LogP contribution in [0.1, 0.15) is 47.5 Å². The third-order valence-corrected chi connectivity index (χ3v) is 3.56. The second-order valence-electron chi connectivity index (χ2n) is 3.78. The van der Waals surface area contributed by atoms with E-state index in [4.69, 9.17) is 10.5 Å². The molecule has 4 heteroatoms. The first-order chi connectivity index (χ1) is 6.68. The van der Waals surface area contributed by atoms with Gasteiger partial charge >= 0.3 is 0 Å². The van der Waals surface area contributed by atoms with Gasteiger partial charge in [-0.25, -0.2) is 4.98 Å². The Kier molecular flexibility index (Phi) is 2.85. The zero-order valence-corrected chi connectivity index (χ0v) is 9.43. The summed E-state index contributed by atoms with van der Waals surface area (Å²) in [5.41, 5.74) is 6.86. The lowest BCUT2D eigenvalue weighted by Gasteiger charge is -2.04. The van der Waals surface area contributed by atoms with Crippen LogP contribution in [0, 0.1) is 6.92 Å². The molecule has 2 unspecified atom stereocenters. The molecule has 0 aliphatic carbocycles. The van der Waals surface area contributed by atoms with E-state index in [0.29, 0.717) is 0 Å². The molecule has 78 valence electrons. The average molecular weight is 212 g/mol. The van der Waals surface area contributed by atoms with Crippen LogP contribution in [0.25, 0.3) is 0 Å². The number of aryl methyl sites for hydroxylation is 1. The molecule has 14 heavy (non-hydrogen) atoms. The summed E-state index contributed by atoms with van der Waals surface area (Å²) in [4.78, 5) is 5.79. The van der Waals surface area contributed by atoms with Gasteiger partial charge in [-0.1, -0.05) is 0 Å². The summed E-state index contributed by atoms with van der Waals surface area (Å²) in [5, 5.41) is 1.10. The number of rotatable bonds is 2. The van der Waals surface area contributed by atoms with Crippen LogP contribution in [-0.2, 0) is 4.74 Å². The van der Waals surface area contributed by atoms with E-state index < -0.39 is 0 Å². The zero-order chi connectivity index (χ0) is 10.1. The third-order valence-electron chi connectivity index (χ3n) is 2.49. The molecule has 1 fully saturated rings. The first-order valence-electron chi connectivity index (χ1n) is 5.03. The van der Waals surface area contributed by atoms with Gasteiger partial charge in [-0.05, 0) is 26.7 Å². The standard InChI is InChI=1S/C10H16N2OS/c1-6(11)9-7(2)14-10(12-9)8-4-3-5-13-8/h6,8H,3-5,11H2,1-2H3. The Bertz CT molecular complexity index is 316. The molecule has 1 saturated heterocycles. The van der Waals surface area contributed by atoms with Gasteiger partial charge in [0.25, 0.3) is 0 Å². The minimum atomic E-state index is 0.0291. The molecule has 1 aromatic heterocycles. The summed E-state index contributed by atoms with van der Waals surface area (Å²) < 4.78 is 5.59. The number of nitrogens with two attached hydrogens (primary N) is 1. The van der Waals surface area contributed by atoms with Gasteiger partial charge in [0, 0.05) is 17.5 Å². The predicted octanol–water partition coefficient (Wildman–Crippen LogP) is 2.32. The first kappa shape index (κ1) is 10.1. The molecule has 0 aromatic carbocycles. The molecule has 0 spiro atoms. The lowest BCUT2D eigenvalue weighted by atomic mass is 10.2. The van der Waals surface area contributed by atoms with Gasteiger partial charge in [-0.2, -0.15) is 0 Å². The number of hydrogen-bond donors (Lipinski definition) is 1. The van der Waals surface area contributed by atoms with Crippen molar-refractivity contribution in [2.75, 3.05) is 6.61 Å². The van der Waals surface area contributed by atoms with Crippen LogP contribution in [0.3, 0.4) is 0 Å². The van der Waals surface area contributed by atoms with Crippen molar-refractivity contribution < 1.29 is 4.74 Å². The maximum absolute atomic E-state index is 5.83. The van der Waals surface area contributed by atoms with Gasteiger partial charge in [0.05, 0.1) is 5.69 Å². The fraction of sp³-hybridized carbons (Fsp3) is 0.700. The second-order valence-corrected chi connectivity index (χ2v) is 5.02. The number of aromatic nitrogens is 1. The van der Waals surface area contributed by atoms with E-state index in [2.05, 4.69) is 11.9 Å². The molecule has 3 nitrogen and oxygen atoms in total. The molecule has 0 amide bonds. The van der Waals surface area contributed by atoms with E-state index in [1.807, 2.05) is 6.92 Å². The summed E-state index contributed by atoms with van der Waals surface area (Å²) in [6.45, 7) is 4.92. The summed E-state index contributed by atoms with van der Waals surface area (Å²) in [6, 6.07) is 0.0291. The minimum Gasteiger partial charge on any atom is -0.371 e. The number of hydrogen-bond acceptors (Lipinski definition) is 4. The second kappa shape index (κ2) is 3.96. The van der Waals surface area contributed by atoms with Crippen LogP contribution in [0.2, 0.25) is 0 Å². The van der Waals surface area contributed by atoms with Crippen molar-refractivity contribution >= 4 is 11.3 Å². The Balaban J connectivity index is 2.22. The minimum absolute atomic E-state index is 0.0291. The highest BCUT2D eigenvalue weighted by Crippen LogP contribution is 2.33. The number of thiazole rings is 1. The van der Waals surface area contributed by atoms with Gasteiger partial charge in [0.15, 0.2) is 0 Å². The topological polar surface area (TPSA) is 48.1 Å². The van der Waals surface area contributed by atoms with E-state index in [1.54, 1.807) is 11.3 Å². The van der Waals surface area contributed by atoms with Gasteiger partial charge in [0.1, 0.15) is 11.1 Å². The van der Waals surface area contributed by atoms with Crippen LogP contribution < -0.4 is 5.73 Å². The Morgan fingerprint density at radius 2 is 2.43 bits per heavy atom. The lowest BCUT2D eigenvalue weighted by molar-refractivity contribution is 0.111. The van der Waals surface area contributed by atoms with Gasteiger partial charge in [0.2, 0.25) is 0 Å². The fourth-order valence-corrected chi connectivity index (χ4v) is 2.87. The highest BCUT2D eigenvalue weighted by atomic mass is 32.1. The SMILES string of the molecule is Cc1sc(C2CCCO2)nc1C(C)N. The molecular formula is C10H16N2OS. The molecule has 2 atom stereocenters. The predicted molar refractivity (Wildman–Crippen MR) is 57.4 cm³/mol. The van der Waals surface area contributed by atoms with Crippen LogP contribution in [0.4, 0.5) is 0 Å². The lowest BCUT2D eigenvalue weighted by Crippen LogP contribution is -2.07. The monoisotopic (exact) mass is 212 g/mol. The molecule has 2 rings (SSSR count). The molecule has 0 radical (unpaired) electrons. The van der Waals surface area contributed by atoms with Crippen molar-refractivity contribution in [3.8, 4) is 0 Å². The summed E-state index contributed by atoms with van der Waals surface area (Å²) in [6.07, 6.45) is 2.48. The molecule has 0 saturated carbocycles. The Hall–Kier alpha value is -0.450. The van der Waals surface area contributed by atoms with Crippen molar-refractivity contribution in [1.29, 1.82) is 0 Å². The quantitative estimate of drug-likeness (QED) is 0.818. The molecule has 2 heterocycles. The molecule has 0 bridgehead atoms. The Labute approximate surface area is 88.3 Å². The van der Waals surface area contributed by atoms with E-state index >= 15 is 0 Å². The highest BCUT2D eigenvalue weighted by Gasteiger charge is 2.22. The average Bonchev–Trinajstić information content (AvgIpc) is 2.70. The first-order valence-corrected chi connectivity index (χ1v) is 5.84. The highest BCUT2D eigenvalue weighted by molar-refractivity contribution is 7.11. The van der Waals surface area contributed by atoms with Crippen molar-refractivity contribution in [2.45, 2.75) is 38.8 Å². The molecule has 2 N–H and O–H groups in total. The molecular weight excluding hydrogens is 196 g/mol. The van der Waals surface area contributed by atoms with E-state index in [0.717, 1.165) is 30.2 Å². The van der Waals surface area contributed by atoms with E-state index in [9.17, 15) is 0 Å². The van der Waals surface area contributed by atoms with Crippen LogP contribution >= 0.6 is 11.3 Å². The fourth-order valence-electron chi connectivity index (χ4n) is 1.76. The van der Waals surface area contributed by atoms with E-state index in [1.165, 1.54) is 4.88 Å². The summed E-state index contributed by atoms with van der Waals surface area (Å²) >= 11 is 1.72. The summed E-state index contributed by atoms with van der Waals surface area (Å²) in [7, 11) is 0. The normalized spacial score (nSPS) is 24.1. The van der Waals surface area contributed by atoms with Gasteiger partial charge in [-0.3, -0.25) is 0 Å². The van der Waals surface area contributed by atoms with Gasteiger partial charge in [-0.15, -0.1) is 11.3 Å². The number of ether oxygens (including phenoxy) is 1. The third kappa shape index (κ3) is 1.82. The van der Waals surface area contributed by atoms with Crippen molar-refractivity contribution in [3.05, 3.63) is 15.6 Å². The smallest absolute Gasteiger partial charge is 0.122 e. The van der Waals surface area contributed by atoms with Crippen molar-refractivity contribution in [1.82, 2.24) is 4.98 Å². The Morgan fingerprint density at radius 3 is 2.93 bits per heavy atom.